The largest absolute Gasteiger partial charge is 0.381 e. The van der Waals surface area contributed by atoms with Gasteiger partial charge in [0.05, 0.1) is 28.3 Å². The monoisotopic (exact) mass is 538 g/mol. The van der Waals surface area contributed by atoms with E-state index < -0.39 is 11.6 Å². The third kappa shape index (κ3) is 4.22. The first kappa shape index (κ1) is 23.8. The Bertz CT molecular complexity index is 1650. The number of benzene rings is 1. The number of amides is 1. The van der Waals surface area contributed by atoms with E-state index >= 15 is 4.39 Å². The van der Waals surface area contributed by atoms with Crippen molar-refractivity contribution in [1.29, 1.82) is 0 Å². The van der Waals surface area contributed by atoms with Crippen LogP contribution >= 0.6 is 23.2 Å². The van der Waals surface area contributed by atoms with Crippen LogP contribution in [-0.4, -0.2) is 48.9 Å². The van der Waals surface area contributed by atoms with Gasteiger partial charge in [-0.25, -0.2) is 9.37 Å². The SMILES string of the molecule is NC(=O)c1c(-c2c(Cl)cccc2Cl)nc2c3cc(-c4cnn(CC5(F)CCOCC5)c4)cnc3ccn12. The molecule has 1 amide bonds. The molecule has 0 unspecified atom stereocenters. The summed E-state index contributed by atoms with van der Waals surface area (Å²) in [5.74, 6) is -0.670. The van der Waals surface area contributed by atoms with Crippen LogP contribution in [0.15, 0.2) is 55.1 Å². The quantitative estimate of drug-likeness (QED) is 0.325. The number of alkyl halides is 1. The third-order valence-corrected chi connectivity index (χ3v) is 7.32. The normalized spacial score (nSPS) is 15.4. The molecule has 8 nitrogen and oxygen atoms in total. The van der Waals surface area contributed by atoms with E-state index in [9.17, 15) is 4.79 Å². The number of halogens is 3. The lowest BCUT2D eigenvalue weighted by atomic mass is 9.97. The highest BCUT2D eigenvalue weighted by Crippen LogP contribution is 2.37. The number of hydrogen-bond acceptors (Lipinski definition) is 5. The number of nitrogens with two attached hydrogens (primary N) is 1. The van der Waals surface area contributed by atoms with Gasteiger partial charge in [-0.05, 0) is 24.3 Å². The van der Waals surface area contributed by atoms with Crippen LogP contribution in [0.2, 0.25) is 10.0 Å². The van der Waals surface area contributed by atoms with Gasteiger partial charge in [-0.3, -0.25) is 18.9 Å². The molecule has 1 fully saturated rings. The zero-order valence-corrected chi connectivity index (χ0v) is 21.0. The van der Waals surface area contributed by atoms with Crippen molar-refractivity contribution >= 4 is 45.7 Å². The topological polar surface area (TPSA) is 100 Å². The fraction of sp³-hybridized carbons (Fsp3) is 0.231. The molecule has 0 spiro atoms. The molecule has 0 saturated carbocycles. The molecular formula is C26H21Cl2FN6O2. The second-order valence-electron chi connectivity index (χ2n) is 9.13. The van der Waals surface area contributed by atoms with Gasteiger partial charge in [0.15, 0.2) is 0 Å². The van der Waals surface area contributed by atoms with Gasteiger partial charge >= 0.3 is 0 Å². The average Bonchev–Trinajstić information content (AvgIpc) is 3.48. The Morgan fingerprint density at radius 3 is 2.62 bits per heavy atom. The summed E-state index contributed by atoms with van der Waals surface area (Å²) in [6.45, 7) is 0.980. The van der Waals surface area contributed by atoms with Gasteiger partial charge in [0.25, 0.3) is 5.91 Å². The van der Waals surface area contributed by atoms with Gasteiger partial charge in [0, 0.05) is 66.7 Å². The zero-order valence-electron chi connectivity index (χ0n) is 19.5. The lowest BCUT2D eigenvalue weighted by Crippen LogP contribution is -2.36. The molecule has 1 aliphatic heterocycles. The summed E-state index contributed by atoms with van der Waals surface area (Å²) in [4.78, 5) is 21.9. The summed E-state index contributed by atoms with van der Waals surface area (Å²) < 4.78 is 23.7. The van der Waals surface area contributed by atoms with Gasteiger partial charge in [0.1, 0.15) is 22.7 Å². The second kappa shape index (κ2) is 9.09. The van der Waals surface area contributed by atoms with Crippen molar-refractivity contribution < 1.29 is 13.9 Å². The van der Waals surface area contributed by atoms with Crippen molar-refractivity contribution in [3.8, 4) is 22.4 Å². The van der Waals surface area contributed by atoms with Crippen LogP contribution in [0.4, 0.5) is 4.39 Å². The van der Waals surface area contributed by atoms with Gasteiger partial charge in [0.2, 0.25) is 0 Å². The second-order valence-corrected chi connectivity index (χ2v) is 9.94. The Morgan fingerprint density at radius 1 is 1.14 bits per heavy atom. The minimum absolute atomic E-state index is 0.159. The molecule has 1 saturated heterocycles. The lowest BCUT2D eigenvalue weighted by Gasteiger charge is -2.29. The molecule has 0 bridgehead atoms. The summed E-state index contributed by atoms with van der Waals surface area (Å²) >= 11 is 12.9. The molecule has 6 rings (SSSR count). The first-order valence-electron chi connectivity index (χ1n) is 11.7. The van der Waals surface area contributed by atoms with Crippen LogP contribution in [0.5, 0.6) is 0 Å². The Kier molecular flexibility index (Phi) is 5.86. The van der Waals surface area contributed by atoms with E-state index in [-0.39, 0.29) is 12.2 Å². The van der Waals surface area contributed by atoms with Crippen LogP contribution in [0.3, 0.4) is 0 Å². The number of pyridine rings is 2. The number of carbonyl (C=O) groups excluding carboxylic acids is 1. The zero-order chi connectivity index (χ0) is 25.7. The van der Waals surface area contributed by atoms with Crippen LogP contribution in [-0.2, 0) is 11.3 Å². The van der Waals surface area contributed by atoms with Crippen molar-refractivity contribution in [2.45, 2.75) is 25.1 Å². The molecule has 11 heteroatoms. The molecule has 4 aromatic heterocycles. The third-order valence-electron chi connectivity index (χ3n) is 6.69. The highest BCUT2D eigenvalue weighted by molar-refractivity contribution is 6.39. The van der Waals surface area contributed by atoms with E-state index in [1.807, 2.05) is 6.07 Å². The number of nitrogens with zero attached hydrogens (tertiary/aromatic N) is 5. The van der Waals surface area contributed by atoms with Gasteiger partial charge in [-0.1, -0.05) is 29.3 Å². The van der Waals surface area contributed by atoms with Crippen molar-refractivity contribution in [3.05, 3.63) is 70.9 Å². The summed E-state index contributed by atoms with van der Waals surface area (Å²) in [5.41, 5.74) is 8.00. The van der Waals surface area contributed by atoms with Crippen molar-refractivity contribution in [2.24, 2.45) is 5.73 Å². The Labute approximate surface area is 220 Å². The molecule has 188 valence electrons. The fourth-order valence-corrected chi connectivity index (χ4v) is 5.35. The predicted octanol–water partition coefficient (Wildman–Crippen LogP) is 5.34. The maximum Gasteiger partial charge on any atom is 0.268 e. The molecule has 37 heavy (non-hydrogen) atoms. The Hall–Kier alpha value is -3.53. The highest BCUT2D eigenvalue weighted by Gasteiger charge is 2.33. The smallest absolute Gasteiger partial charge is 0.268 e. The number of carbonyl (C=O) groups is 1. The predicted molar refractivity (Wildman–Crippen MR) is 140 cm³/mol. The van der Waals surface area contributed by atoms with Crippen molar-refractivity contribution in [1.82, 2.24) is 24.1 Å². The van der Waals surface area contributed by atoms with E-state index in [2.05, 4.69) is 10.1 Å². The summed E-state index contributed by atoms with van der Waals surface area (Å²) in [6.07, 6.45) is 7.59. The maximum atomic E-state index is 15.1. The maximum absolute atomic E-state index is 15.1. The highest BCUT2D eigenvalue weighted by atomic mass is 35.5. The lowest BCUT2D eigenvalue weighted by molar-refractivity contribution is -0.0194. The minimum atomic E-state index is -1.34. The van der Waals surface area contributed by atoms with Crippen molar-refractivity contribution in [3.63, 3.8) is 0 Å². The summed E-state index contributed by atoms with van der Waals surface area (Å²) in [6, 6.07) is 8.75. The number of ether oxygens (including phenoxy) is 1. The van der Waals surface area contributed by atoms with E-state index in [0.29, 0.717) is 63.9 Å². The Balaban J connectivity index is 1.46. The minimum Gasteiger partial charge on any atom is -0.381 e. The summed E-state index contributed by atoms with van der Waals surface area (Å²) in [7, 11) is 0. The first-order chi connectivity index (χ1) is 17.8. The standard InChI is InChI=1S/C26H21Cl2FN6O2/c27-18-2-1-3-19(28)21(18)22-23(24(30)36)35-7-4-20-17(25(35)33-22)10-15(11-31-20)16-12-32-34(13-16)14-26(29)5-8-37-9-6-26/h1-4,7,10-13H,5-6,8-9,14H2,(H2,30,36). The average molecular weight is 539 g/mol. The molecule has 2 N–H and O–H groups in total. The van der Waals surface area contributed by atoms with E-state index in [1.54, 1.807) is 58.1 Å². The van der Waals surface area contributed by atoms with Crippen LogP contribution in [0, 0.1) is 0 Å². The molecule has 0 radical (unpaired) electrons. The number of fused-ring (bicyclic) bond motifs is 3. The molecule has 1 aliphatic rings. The van der Waals surface area contributed by atoms with E-state index in [0.717, 1.165) is 11.1 Å². The number of hydrogen-bond donors (Lipinski definition) is 1. The van der Waals surface area contributed by atoms with E-state index in [4.69, 9.17) is 38.7 Å². The van der Waals surface area contributed by atoms with E-state index in [1.165, 1.54) is 0 Å². The fourth-order valence-electron chi connectivity index (χ4n) is 4.78. The number of rotatable bonds is 5. The summed E-state index contributed by atoms with van der Waals surface area (Å²) in [5, 5.41) is 5.76. The molecular weight excluding hydrogens is 518 g/mol. The number of aromatic nitrogens is 5. The van der Waals surface area contributed by atoms with Crippen LogP contribution in [0.25, 0.3) is 38.9 Å². The van der Waals surface area contributed by atoms with Gasteiger partial charge in [-0.15, -0.1) is 0 Å². The Morgan fingerprint density at radius 2 is 1.89 bits per heavy atom. The number of primary amides is 1. The molecule has 0 aliphatic carbocycles. The van der Waals surface area contributed by atoms with Crippen LogP contribution in [0.1, 0.15) is 23.3 Å². The first-order valence-corrected chi connectivity index (χ1v) is 12.4. The van der Waals surface area contributed by atoms with Gasteiger partial charge in [-0.2, -0.15) is 5.10 Å². The van der Waals surface area contributed by atoms with Crippen molar-refractivity contribution in [2.75, 3.05) is 13.2 Å². The molecule has 1 aromatic carbocycles. The molecule has 5 aromatic rings. The molecule has 5 heterocycles. The van der Waals surface area contributed by atoms with Crippen LogP contribution < -0.4 is 5.73 Å². The van der Waals surface area contributed by atoms with Gasteiger partial charge < -0.3 is 10.5 Å². The molecule has 0 atom stereocenters. The number of imidazole rings is 1.